The zero-order valence-electron chi connectivity index (χ0n) is 28.9. The molecule has 1 saturated heterocycles. The Morgan fingerprint density at radius 3 is 2.66 bits per heavy atom. The third-order valence-electron chi connectivity index (χ3n) is 11.2. The number of hydrogen-bond acceptors (Lipinski definition) is 8. The van der Waals surface area contributed by atoms with Crippen LogP contribution in [0.15, 0.2) is 36.4 Å². The van der Waals surface area contributed by atoms with Gasteiger partial charge in [0.05, 0.1) is 25.0 Å². The lowest BCUT2D eigenvalue weighted by Gasteiger charge is -2.60. The quantitative estimate of drug-likeness (QED) is 0.0831. The standard InChI is InChI=1S/C36H47N7O7/c1-21(44)41-26(5-4-15-40-34(37)38)33(47)39-16-17-42(2)35(48)49-24-9-6-22(7-10-24)20-43(3)18-14-36-25-11-13-29(46)32(36)50-31-28(45)12-8-23(30(31)36)19-27(25)43/h6-10,12,25-27,32H,4-5,11,13-20H2,1-3H3,(H6-,37,38,39,40,41,44,45,47)/p+1/t25-,26-,27+,32-,36-,43+/m0/s1. The molecule has 2 aliphatic carbocycles. The van der Waals surface area contributed by atoms with Crippen LogP contribution in [-0.2, 0) is 32.8 Å². The maximum atomic E-state index is 13.1. The first-order valence-electron chi connectivity index (χ1n) is 17.4. The minimum absolute atomic E-state index is 0.124. The van der Waals surface area contributed by atoms with Gasteiger partial charge in [0.1, 0.15) is 18.3 Å². The molecule has 0 unspecified atom stereocenters. The number of aromatic hydroxyl groups is 1. The second-order valence-electron chi connectivity index (χ2n) is 14.4. The molecule has 2 aromatic carbocycles. The van der Waals surface area contributed by atoms with Crippen LogP contribution in [0.1, 0.15) is 55.7 Å². The maximum Gasteiger partial charge on any atom is 0.415 e. The number of nitrogens with two attached hydrogens (primary N) is 1. The third kappa shape index (κ3) is 6.55. The minimum Gasteiger partial charge on any atom is -0.504 e. The first kappa shape index (κ1) is 35.0. The summed E-state index contributed by atoms with van der Waals surface area (Å²) in [6, 6.07) is 10.8. The Bertz CT molecular complexity index is 1680. The largest absolute Gasteiger partial charge is 0.504 e. The van der Waals surface area contributed by atoms with E-state index in [4.69, 9.17) is 20.6 Å². The van der Waals surface area contributed by atoms with Gasteiger partial charge in [0.25, 0.3) is 0 Å². The molecule has 14 nitrogen and oxygen atoms in total. The number of Topliss-reactive ketones (excluding diaryl/α,β-unsaturated/α-hetero) is 1. The van der Waals surface area contributed by atoms with Gasteiger partial charge in [0.2, 0.25) is 11.8 Å². The summed E-state index contributed by atoms with van der Waals surface area (Å²) in [4.78, 5) is 51.6. The number of ether oxygens (including phenoxy) is 2. The first-order chi connectivity index (χ1) is 23.8. The van der Waals surface area contributed by atoms with Crippen LogP contribution in [-0.4, -0.2) is 103 Å². The Morgan fingerprint density at radius 1 is 1.18 bits per heavy atom. The van der Waals surface area contributed by atoms with E-state index in [0.717, 1.165) is 48.0 Å². The summed E-state index contributed by atoms with van der Waals surface area (Å²) in [5.41, 5.74) is 8.29. The van der Waals surface area contributed by atoms with E-state index in [9.17, 15) is 24.3 Å². The van der Waals surface area contributed by atoms with Gasteiger partial charge in [-0.05, 0) is 55.2 Å². The molecule has 6 atom stereocenters. The van der Waals surface area contributed by atoms with Crippen molar-refractivity contribution < 1.29 is 38.2 Å². The van der Waals surface area contributed by atoms with E-state index in [1.54, 1.807) is 25.2 Å². The fraction of sp³-hybridized carbons (Fsp3) is 0.528. The second-order valence-corrected chi connectivity index (χ2v) is 14.4. The van der Waals surface area contributed by atoms with Gasteiger partial charge >= 0.3 is 6.09 Å². The number of carbonyl (C=O) groups excluding carboxylic acids is 4. The molecule has 2 bridgehead atoms. The summed E-state index contributed by atoms with van der Waals surface area (Å²) >= 11 is 0. The topological polar surface area (TPSA) is 196 Å². The predicted octanol–water partition coefficient (Wildman–Crippen LogP) is 1.66. The number of piperidine rings is 1. The van der Waals surface area contributed by atoms with Crippen LogP contribution in [0.5, 0.6) is 17.2 Å². The Hall–Kier alpha value is -4.85. The lowest BCUT2D eigenvalue weighted by Crippen LogP contribution is -2.71. The zero-order valence-corrected chi connectivity index (χ0v) is 28.9. The van der Waals surface area contributed by atoms with E-state index >= 15 is 0 Å². The van der Waals surface area contributed by atoms with Gasteiger partial charge in [-0.15, -0.1) is 0 Å². The molecule has 0 radical (unpaired) electrons. The minimum atomic E-state index is -0.746. The van der Waals surface area contributed by atoms with Crippen molar-refractivity contribution in [2.45, 2.75) is 75.6 Å². The molecule has 2 aliphatic heterocycles. The maximum absolute atomic E-state index is 13.1. The number of rotatable bonds is 12. The van der Waals surface area contributed by atoms with Crippen molar-refractivity contribution in [1.82, 2.24) is 20.9 Å². The first-order valence-corrected chi connectivity index (χ1v) is 17.4. The normalized spacial score (nSPS) is 26.1. The molecule has 14 heteroatoms. The second kappa shape index (κ2) is 13.8. The summed E-state index contributed by atoms with van der Waals surface area (Å²) in [5, 5.41) is 25.9. The number of nitrogens with one attached hydrogen (secondary N) is 4. The van der Waals surface area contributed by atoms with Crippen LogP contribution in [0.2, 0.25) is 0 Å². The van der Waals surface area contributed by atoms with Crippen molar-refractivity contribution >= 4 is 29.7 Å². The number of carbonyl (C=O) groups is 4. The third-order valence-corrected chi connectivity index (χ3v) is 11.2. The number of likely N-dealkylation sites (N-methyl/N-ethyl adjacent to an activating group) is 2. The predicted molar refractivity (Wildman–Crippen MR) is 184 cm³/mol. The highest BCUT2D eigenvalue weighted by molar-refractivity contribution is 5.89. The molecule has 3 amide bonds. The number of ketones is 1. The van der Waals surface area contributed by atoms with Gasteiger partial charge in [-0.1, -0.05) is 6.07 Å². The molecule has 268 valence electrons. The van der Waals surface area contributed by atoms with Gasteiger partial charge in [-0.25, -0.2) is 4.79 Å². The van der Waals surface area contributed by atoms with Crippen molar-refractivity contribution in [3.05, 3.63) is 53.1 Å². The lowest BCUT2D eigenvalue weighted by atomic mass is 9.51. The van der Waals surface area contributed by atoms with Crippen LogP contribution < -0.4 is 31.2 Å². The summed E-state index contributed by atoms with van der Waals surface area (Å²) in [7, 11) is 3.89. The van der Waals surface area contributed by atoms with Crippen LogP contribution in [0.4, 0.5) is 4.79 Å². The lowest BCUT2D eigenvalue weighted by molar-refractivity contribution is -0.957. The highest BCUT2D eigenvalue weighted by Crippen LogP contribution is 2.64. The van der Waals surface area contributed by atoms with E-state index in [1.807, 2.05) is 18.2 Å². The molecule has 0 aromatic heterocycles. The Morgan fingerprint density at radius 2 is 1.94 bits per heavy atom. The number of phenols is 1. The van der Waals surface area contributed by atoms with Gasteiger partial charge in [-0.3, -0.25) is 19.8 Å². The van der Waals surface area contributed by atoms with Crippen molar-refractivity contribution in [3.8, 4) is 17.2 Å². The number of hydrogen-bond donors (Lipinski definition) is 6. The van der Waals surface area contributed by atoms with Gasteiger partial charge in [0.15, 0.2) is 29.3 Å². The highest BCUT2D eigenvalue weighted by Gasteiger charge is 2.69. The fourth-order valence-electron chi connectivity index (χ4n) is 8.85. The van der Waals surface area contributed by atoms with Crippen LogP contribution in [0, 0.1) is 11.3 Å². The van der Waals surface area contributed by atoms with E-state index in [0.29, 0.717) is 43.3 Å². The molecular weight excluding hydrogens is 642 g/mol. The average Bonchev–Trinajstić information content (AvgIpc) is 3.43. The highest BCUT2D eigenvalue weighted by atomic mass is 16.6. The van der Waals surface area contributed by atoms with Crippen molar-refractivity contribution in [1.29, 1.82) is 5.41 Å². The van der Waals surface area contributed by atoms with Crippen LogP contribution in [0.25, 0.3) is 0 Å². The summed E-state index contributed by atoms with van der Waals surface area (Å²) in [6.45, 7) is 3.77. The molecule has 2 heterocycles. The monoisotopic (exact) mass is 690 g/mol. The Balaban J connectivity index is 1.03. The Kier molecular flexibility index (Phi) is 9.67. The van der Waals surface area contributed by atoms with Crippen molar-refractivity contribution in [3.63, 3.8) is 0 Å². The van der Waals surface area contributed by atoms with E-state index in [1.165, 1.54) is 17.4 Å². The number of guanidine groups is 1. The van der Waals surface area contributed by atoms with E-state index < -0.39 is 18.2 Å². The average molecular weight is 691 g/mol. The molecule has 2 fully saturated rings. The molecule has 1 saturated carbocycles. The molecule has 50 heavy (non-hydrogen) atoms. The van der Waals surface area contributed by atoms with Gasteiger partial charge in [0, 0.05) is 69.9 Å². The summed E-state index contributed by atoms with van der Waals surface area (Å²) in [5.74, 6) is 0.621. The number of benzene rings is 2. The summed E-state index contributed by atoms with van der Waals surface area (Å²) in [6.07, 6.45) is 2.80. The van der Waals surface area contributed by atoms with Gasteiger partial charge < -0.3 is 45.6 Å². The van der Waals surface area contributed by atoms with Crippen LogP contribution in [0.3, 0.4) is 0 Å². The Labute approximate surface area is 291 Å². The fourth-order valence-corrected chi connectivity index (χ4v) is 8.85. The molecule has 4 aliphatic rings. The molecule has 6 rings (SSSR count). The molecule has 7 N–H and O–H groups in total. The molecular formula is C36H48N7O7+. The number of nitrogens with zero attached hydrogens (tertiary/aromatic N) is 2. The molecule has 1 spiro atoms. The van der Waals surface area contributed by atoms with Crippen molar-refractivity contribution in [2.75, 3.05) is 40.3 Å². The van der Waals surface area contributed by atoms with E-state index in [-0.39, 0.29) is 53.7 Å². The zero-order chi connectivity index (χ0) is 35.8. The number of quaternary nitrogens is 1. The van der Waals surface area contributed by atoms with E-state index in [2.05, 4.69) is 23.0 Å². The summed E-state index contributed by atoms with van der Waals surface area (Å²) < 4.78 is 12.7. The number of amides is 3. The number of likely N-dealkylation sites (tertiary alicyclic amines) is 1. The SMILES string of the molecule is CC(=O)N[C@@H](CCCNC(=N)N)C(=O)NCCN(C)C(=O)Oc1ccc(C[N@@+]2(C)CC[C@]34c5c6ccc(O)c5O[C@H]3C(=O)CC[C@H]4[C@H]2C6)cc1. The van der Waals surface area contributed by atoms with Crippen molar-refractivity contribution in [2.24, 2.45) is 11.7 Å². The number of phenolic OH excluding ortho intramolecular Hbond substituents is 1. The van der Waals surface area contributed by atoms with Crippen LogP contribution >= 0.6 is 0 Å². The smallest absolute Gasteiger partial charge is 0.415 e. The van der Waals surface area contributed by atoms with Gasteiger partial charge in [-0.2, -0.15) is 0 Å². The molecule has 2 aromatic rings.